The van der Waals surface area contributed by atoms with Crippen LogP contribution >= 0.6 is 39.1 Å². The van der Waals surface area contributed by atoms with Crippen molar-refractivity contribution in [1.29, 1.82) is 0 Å². The largest absolute Gasteiger partial charge is 0.386 e. The highest BCUT2D eigenvalue weighted by molar-refractivity contribution is 9.10. The second kappa shape index (κ2) is 6.02. The zero-order valence-corrected chi connectivity index (χ0v) is 12.4. The molecule has 2 nitrogen and oxygen atoms in total. The number of hydrogen-bond acceptors (Lipinski definition) is 2. The SMILES string of the molecule is OC(Cc1cccc(Cl)c1Cl)c1ncccc1Br. The molecule has 0 aliphatic heterocycles. The molecule has 1 atom stereocenters. The molecule has 94 valence electrons. The highest BCUT2D eigenvalue weighted by atomic mass is 79.9. The Morgan fingerprint density at radius 3 is 2.72 bits per heavy atom. The molecule has 0 radical (unpaired) electrons. The van der Waals surface area contributed by atoms with Gasteiger partial charge in [0.15, 0.2) is 0 Å². The molecular formula is C13H10BrCl2NO. The van der Waals surface area contributed by atoms with Crippen LogP contribution in [0.4, 0.5) is 0 Å². The molecule has 2 rings (SSSR count). The van der Waals surface area contributed by atoms with Crippen LogP contribution in [0.1, 0.15) is 17.4 Å². The van der Waals surface area contributed by atoms with Gasteiger partial charge in [-0.1, -0.05) is 35.3 Å². The Bertz CT molecular complexity index is 562. The van der Waals surface area contributed by atoms with E-state index in [1.165, 1.54) is 0 Å². The third-order valence-electron chi connectivity index (χ3n) is 2.55. The van der Waals surface area contributed by atoms with Gasteiger partial charge >= 0.3 is 0 Å². The van der Waals surface area contributed by atoms with E-state index in [0.717, 1.165) is 10.0 Å². The smallest absolute Gasteiger partial charge is 0.101 e. The summed E-state index contributed by atoms with van der Waals surface area (Å²) in [5, 5.41) is 11.1. The standard InChI is InChI=1S/C13H10BrCl2NO/c14-9-4-2-6-17-13(9)11(18)7-8-3-1-5-10(15)12(8)16/h1-6,11,18H,7H2. The molecule has 1 aromatic heterocycles. The normalized spacial score (nSPS) is 12.4. The number of nitrogens with zero attached hydrogens (tertiary/aromatic N) is 1. The van der Waals surface area contributed by atoms with Gasteiger partial charge in [-0.3, -0.25) is 4.98 Å². The number of aromatic nitrogens is 1. The maximum absolute atomic E-state index is 10.2. The quantitative estimate of drug-likeness (QED) is 0.891. The van der Waals surface area contributed by atoms with E-state index >= 15 is 0 Å². The van der Waals surface area contributed by atoms with Crippen LogP contribution in [0, 0.1) is 0 Å². The van der Waals surface area contributed by atoms with Crippen molar-refractivity contribution in [3.63, 3.8) is 0 Å². The first kappa shape index (κ1) is 13.8. The molecule has 2 aromatic rings. The first-order chi connectivity index (χ1) is 8.59. The molecule has 1 aromatic carbocycles. The average molecular weight is 347 g/mol. The Kier molecular flexibility index (Phi) is 4.62. The average Bonchev–Trinajstić information content (AvgIpc) is 2.35. The van der Waals surface area contributed by atoms with Crippen LogP contribution in [-0.2, 0) is 6.42 Å². The van der Waals surface area contributed by atoms with Crippen LogP contribution in [0.3, 0.4) is 0 Å². The summed E-state index contributed by atoms with van der Waals surface area (Å²) in [6.45, 7) is 0. The van der Waals surface area contributed by atoms with Gasteiger partial charge in [-0.25, -0.2) is 0 Å². The zero-order valence-electron chi connectivity index (χ0n) is 9.28. The van der Waals surface area contributed by atoms with Crippen molar-refractivity contribution in [2.45, 2.75) is 12.5 Å². The molecule has 0 aliphatic carbocycles. The molecule has 1 heterocycles. The number of pyridine rings is 1. The first-order valence-corrected chi connectivity index (χ1v) is 6.86. The topological polar surface area (TPSA) is 33.1 Å². The molecule has 0 fully saturated rings. The maximum atomic E-state index is 10.2. The Labute approximate surface area is 124 Å². The van der Waals surface area contributed by atoms with Crippen LogP contribution in [0.2, 0.25) is 10.0 Å². The molecule has 0 saturated carbocycles. The van der Waals surface area contributed by atoms with E-state index in [9.17, 15) is 5.11 Å². The van der Waals surface area contributed by atoms with E-state index in [4.69, 9.17) is 23.2 Å². The summed E-state index contributed by atoms with van der Waals surface area (Å²) in [5.41, 5.74) is 1.39. The molecule has 0 bridgehead atoms. The predicted octanol–water partition coefficient (Wildman–Crippen LogP) is 4.43. The van der Waals surface area contributed by atoms with Gasteiger partial charge < -0.3 is 5.11 Å². The van der Waals surface area contributed by atoms with E-state index < -0.39 is 6.10 Å². The van der Waals surface area contributed by atoms with Gasteiger partial charge in [-0.05, 0) is 39.7 Å². The number of aliphatic hydroxyl groups excluding tert-OH is 1. The van der Waals surface area contributed by atoms with Gasteiger partial charge in [-0.15, -0.1) is 0 Å². The molecular weight excluding hydrogens is 337 g/mol. The van der Waals surface area contributed by atoms with E-state index in [0.29, 0.717) is 22.2 Å². The Morgan fingerprint density at radius 2 is 2.00 bits per heavy atom. The first-order valence-electron chi connectivity index (χ1n) is 5.31. The summed E-state index contributed by atoms with van der Waals surface area (Å²) in [6, 6.07) is 9.01. The molecule has 5 heteroatoms. The second-order valence-corrected chi connectivity index (χ2v) is 5.44. The van der Waals surface area contributed by atoms with Crippen molar-refractivity contribution in [3.05, 3.63) is 62.3 Å². The lowest BCUT2D eigenvalue weighted by Gasteiger charge is -2.13. The fraction of sp³-hybridized carbons (Fsp3) is 0.154. The molecule has 1 unspecified atom stereocenters. The Morgan fingerprint density at radius 1 is 1.22 bits per heavy atom. The molecule has 0 amide bonds. The predicted molar refractivity (Wildman–Crippen MR) is 77.1 cm³/mol. The van der Waals surface area contributed by atoms with Crippen molar-refractivity contribution >= 4 is 39.1 Å². The number of aliphatic hydroxyl groups is 1. The van der Waals surface area contributed by atoms with Gasteiger partial charge in [0.2, 0.25) is 0 Å². The monoisotopic (exact) mass is 345 g/mol. The van der Waals surface area contributed by atoms with E-state index in [2.05, 4.69) is 20.9 Å². The van der Waals surface area contributed by atoms with Gasteiger partial charge in [-0.2, -0.15) is 0 Å². The second-order valence-electron chi connectivity index (χ2n) is 3.80. The minimum Gasteiger partial charge on any atom is -0.386 e. The summed E-state index contributed by atoms with van der Waals surface area (Å²) in [5.74, 6) is 0. The Hall–Kier alpha value is -0.610. The molecule has 0 spiro atoms. The van der Waals surface area contributed by atoms with E-state index in [1.807, 2.05) is 18.2 Å². The molecule has 0 aliphatic rings. The van der Waals surface area contributed by atoms with Crippen LogP contribution in [0.15, 0.2) is 41.0 Å². The summed E-state index contributed by atoms with van der Waals surface area (Å²) >= 11 is 15.4. The third-order valence-corrected chi connectivity index (χ3v) is 4.08. The molecule has 18 heavy (non-hydrogen) atoms. The molecule has 0 saturated heterocycles. The lowest BCUT2D eigenvalue weighted by Crippen LogP contribution is -2.05. The van der Waals surface area contributed by atoms with Gasteiger partial charge in [0.05, 0.1) is 15.7 Å². The number of hydrogen-bond donors (Lipinski definition) is 1. The maximum Gasteiger partial charge on any atom is 0.101 e. The van der Waals surface area contributed by atoms with Crippen molar-refractivity contribution in [2.75, 3.05) is 0 Å². The van der Waals surface area contributed by atoms with Crippen LogP contribution in [0.5, 0.6) is 0 Å². The number of halogens is 3. The minimum atomic E-state index is -0.725. The highest BCUT2D eigenvalue weighted by Crippen LogP contribution is 2.30. The van der Waals surface area contributed by atoms with Crippen molar-refractivity contribution in [3.8, 4) is 0 Å². The molecule has 1 N–H and O–H groups in total. The number of benzene rings is 1. The summed E-state index contributed by atoms with van der Waals surface area (Å²) in [6.07, 6.45) is 1.29. The van der Waals surface area contributed by atoms with E-state index in [-0.39, 0.29) is 0 Å². The number of rotatable bonds is 3. The minimum absolute atomic E-state index is 0.370. The van der Waals surface area contributed by atoms with Crippen molar-refractivity contribution in [2.24, 2.45) is 0 Å². The van der Waals surface area contributed by atoms with Gasteiger partial charge in [0.25, 0.3) is 0 Å². The lowest BCUT2D eigenvalue weighted by molar-refractivity contribution is 0.173. The highest BCUT2D eigenvalue weighted by Gasteiger charge is 2.15. The lowest BCUT2D eigenvalue weighted by atomic mass is 10.1. The Balaban J connectivity index is 2.24. The fourth-order valence-corrected chi connectivity index (χ4v) is 2.57. The van der Waals surface area contributed by atoms with Crippen LogP contribution in [0.25, 0.3) is 0 Å². The van der Waals surface area contributed by atoms with Crippen molar-refractivity contribution < 1.29 is 5.11 Å². The summed E-state index contributed by atoms with van der Waals surface area (Å²) in [7, 11) is 0. The van der Waals surface area contributed by atoms with Crippen LogP contribution < -0.4 is 0 Å². The summed E-state index contributed by atoms with van der Waals surface area (Å²) in [4.78, 5) is 4.15. The van der Waals surface area contributed by atoms with Gasteiger partial charge in [0.1, 0.15) is 6.10 Å². The van der Waals surface area contributed by atoms with Gasteiger partial charge in [0, 0.05) is 17.1 Å². The summed E-state index contributed by atoms with van der Waals surface area (Å²) < 4.78 is 0.774. The fourth-order valence-electron chi connectivity index (χ4n) is 1.65. The zero-order chi connectivity index (χ0) is 13.1. The van der Waals surface area contributed by atoms with E-state index in [1.54, 1.807) is 18.3 Å². The van der Waals surface area contributed by atoms with Crippen LogP contribution in [-0.4, -0.2) is 10.1 Å². The van der Waals surface area contributed by atoms with Crippen molar-refractivity contribution in [1.82, 2.24) is 4.98 Å². The third kappa shape index (κ3) is 3.04.